The van der Waals surface area contributed by atoms with Gasteiger partial charge in [0, 0.05) is 56.2 Å². The second-order valence-corrected chi connectivity index (χ2v) is 5.63. The van der Waals surface area contributed by atoms with Crippen molar-refractivity contribution in [1.29, 1.82) is 0 Å². The van der Waals surface area contributed by atoms with Crippen LogP contribution in [-0.4, -0.2) is 41.0 Å². The van der Waals surface area contributed by atoms with Crippen molar-refractivity contribution >= 4 is 11.6 Å². The lowest BCUT2D eigenvalue weighted by atomic mass is 10.1. The molecular weight excluding hydrogens is 300 g/mol. The highest BCUT2D eigenvalue weighted by atomic mass is 19.1. The monoisotopic (exact) mass is 319 g/mol. The number of benzene rings is 1. The van der Waals surface area contributed by atoms with E-state index in [0.29, 0.717) is 17.2 Å². The maximum atomic E-state index is 13.9. The number of hydrogen-bond donors (Lipinski definition) is 1. The van der Waals surface area contributed by atoms with Crippen molar-refractivity contribution in [3.05, 3.63) is 47.8 Å². The number of aromatic nitrogens is 2. The fraction of sp³-hybridized carbons (Fsp3) is 0.375. The third-order valence-corrected chi connectivity index (χ3v) is 4.28. The van der Waals surface area contributed by atoms with Crippen molar-refractivity contribution in [2.24, 2.45) is 0 Å². The average molecular weight is 319 g/mol. The molecule has 7 heteroatoms. The molecular formula is C16H19F2N5. The molecule has 2 N–H and O–H groups in total. The average Bonchev–Trinajstić information content (AvgIpc) is 2.55. The number of anilines is 2. The Hall–Kier alpha value is -2.28. The zero-order chi connectivity index (χ0) is 16.4. The predicted molar refractivity (Wildman–Crippen MR) is 85.0 cm³/mol. The minimum absolute atomic E-state index is 0.114. The molecule has 1 aliphatic heterocycles. The maximum absolute atomic E-state index is 13.9. The highest BCUT2D eigenvalue weighted by Gasteiger charge is 2.25. The van der Waals surface area contributed by atoms with Crippen LogP contribution >= 0.6 is 0 Å². The largest absolute Gasteiger partial charge is 0.381 e. The SMILES string of the molecule is CC(c1ccc(F)cc1F)N1CCN(c2nccnc2N)CC1. The van der Waals surface area contributed by atoms with Gasteiger partial charge >= 0.3 is 0 Å². The summed E-state index contributed by atoms with van der Waals surface area (Å²) in [6, 6.07) is 3.63. The van der Waals surface area contributed by atoms with E-state index in [-0.39, 0.29) is 6.04 Å². The van der Waals surface area contributed by atoms with E-state index in [1.165, 1.54) is 12.1 Å². The van der Waals surface area contributed by atoms with E-state index < -0.39 is 11.6 Å². The molecule has 5 nitrogen and oxygen atoms in total. The molecule has 1 atom stereocenters. The van der Waals surface area contributed by atoms with Crippen LogP contribution in [0.5, 0.6) is 0 Å². The minimum Gasteiger partial charge on any atom is -0.381 e. The highest BCUT2D eigenvalue weighted by molar-refractivity contribution is 5.57. The molecule has 1 aromatic carbocycles. The molecule has 0 saturated carbocycles. The Bertz CT molecular complexity index is 686. The van der Waals surface area contributed by atoms with Gasteiger partial charge in [0.25, 0.3) is 0 Å². The molecule has 1 fully saturated rings. The van der Waals surface area contributed by atoms with Gasteiger partial charge in [-0.05, 0) is 13.0 Å². The van der Waals surface area contributed by atoms with E-state index in [0.717, 1.165) is 32.2 Å². The van der Waals surface area contributed by atoms with Gasteiger partial charge in [-0.25, -0.2) is 18.7 Å². The van der Waals surface area contributed by atoms with E-state index in [1.54, 1.807) is 12.4 Å². The summed E-state index contributed by atoms with van der Waals surface area (Å²) in [5.41, 5.74) is 6.37. The molecule has 3 rings (SSSR count). The summed E-state index contributed by atoms with van der Waals surface area (Å²) in [5.74, 6) is 0.0471. The van der Waals surface area contributed by atoms with Gasteiger partial charge in [-0.1, -0.05) is 6.07 Å². The summed E-state index contributed by atoms with van der Waals surface area (Å²) in [5, 5.41) is 0. The number of nitrogen functional groups attached to an aromatic ring is 1. The van der Waals surface area contributed by atoms with E-state index >= 15 is 0 Å². The van der Waals surface area contributed by atoms with Crippen LogP contribution < -0.4 is 10.6 Å². The van der Waals surface area contributed by atoms with Gasteiger partial charge in [-0.15, -0.1) is 0 Å². The zero-order valence-electron chi connectivity index (χ0n) is 12.9. The zero-order valence-corrected chi connectivity index (χ0v) is 12.9. The molecule has 1 aromatic heterocycles. The third kappa shape index (κ3) is 3.24. The summed E-state index contributed by atoms with van der Waals surface area (Å²) in [7, 11) is 0. The number of piperazine rings is 1. The van der Waals surface area contributed by atoms with Crippen LogP contribution in [-0.2, 0) is 0 Å². The van der Waals surface area contributed by atoms with Gasteiger partial charge in [0.05, 0.1) is 0 Å². The molecule has 0 spiro atoms. The van der Waals surface area contributed by atoms with E-state index in [9.17, 15) is 8.78 Å². The number of rotatable bonds is 3. The molecule has 0 amide bonds. The Kier molecular flexibility index (Phi) is 4.38. The first kappa shape index (κ1) is 15.6. The first-order valence-corrected chi connectivity index (χ1v) is 7.56. The highest BCUT2D eigenvalue weighted by Crippen LogP contribution is 2.26. The fourth-order valence-electron chi connectivity index (χ4n) is 2.94. The topological polar surface area (TPSA) is 58.3 Å². The van der Waals surface area contributed by atoms with Crippen LogP contribution in [0, 0.1) is 11.6 Å². The first-order chi connectivity index (χ1) is 11.1. The van der Waals surface area contributed by atoms with Crippen molar-refractivity contribution in [2.45, 2.75) is 13.0 Å². The molecule has 122 valence electrons. The van der Waals surface area contributed by atoms with Crippen LogP contribution in [0.1, 0.15) is 18.5 Å². The predicted octanol–water partition coefficient (Wildman–Crippen LogP) is 2.22. The molecule has 2 heterocycles. The maximum Gasteiger partial charge on any atom is 0.171 e. The Morgan fingerprint density at radius 2 is 1.78 bits per heavy atom. The summed E-state index contributed by atoms with van der Waals surface area (Å²) < 4.78 is 27.0. The molecule has 0 aliphatic carbocycles. The molecule has 1 saturated heterocycles. The van der Waals surface area contributed by atoms with Gasteiger partial charge < -0.3 is 10.6 Å². The minimum atomic E-state index is -0.554. The Morgan fingerprint density at radius 1 is 1.09 bits per heavy atom. The van der Waals surface area contributed by atoms with E-state index in [1.807, 2.05) is 6.92 Å². The van der Waals surface area contributed by atoms with Gasteiger partial charge in [0.1, 0.15) is 11.6 Å². The second kappa shape index (κ2) is 6.45. The summed E-state index contributed by atoms with van der Waals surface area (Å²) in [6.07, 6.45) is 3.18. The Labute approximate surface area is 133 Å². The lowest BCUT2D eigenvalue weighted by Gasteiger charge is -2.38. The van der Waals surface area contributed by atoms with Crippen molar-refractivity contribution in [1.82, 2.24) is 14.9 Å². The second-order valence-electron chi connectivity index (χ2n) is 5.63. The molecule has 0 bridgehead atoms. The number of hydrogen-bond acceptors (Lipinski definition) is 5. The summed E-state index contributed by atoms with van der Waals surface area (Å²) in [6.45, 7) is 4.89. The Balaban J connectivity index is 1.68. The third-order valence-electron chi connectivity index (χ3n) is 4.28. The van der Waals surface area contributed by atoms with E-state index in [2.05, 4.69) is 19.8 Å². The fourth-order valence-corrected chi connectivity index (χ4v) is 2.94. The molecule has 1 unspecified atom stereocenters. The summed E-state index contributed by atoms with van der Waals surface area (Å²) >= 11 is 0. The first-order valence-electron chi connectivity index (χ1n) is 7.56. The van der Waals surface area contributed by atoms with Crippen molar-refractivity contribution < 1.29 is 8.78 Å². The van der Waals surface area contributed by atoms with E-state index in [4.69, 9.17) is 5.73 Å². The smallest absolute Gasteiger partial charge is 0.171 e. The lowest BCUT2D eigenvalue weighted by molar-refractivity contribution is 0.194. The number of nitrogens with zero attached hydrogens (tertiary/aromatic N) is 4. The summed E-state index contributed by atoms with van der Waals surface area (Å²) in [4.78, 5) is 12.6. The molecule has 23 heavy (non-hydrogen) atoms. The van der Waals surface area contributed by atoms with Crippen LogP contribution in [0.15, 0.2) is 30.6 Å². The molecule has 0 radical (unpaired) electrons. The van der Waals surface area contributed by atoms with Crippen molar-refractivity contribution in [3.8, 4) is 0 Å². The molecule has 1 aliphatic rings. The lowest BCUT2D eigenvalue weighted by Crippen LogP contribution is -2.47. The van der Waals surface area contributed by atoms with Gasteiger partial charge in [-0.3, -0.25) is 4.90 Å². The van der Waals surface area contributed by atoms with Crippen molar-refractivity contribution in [2.75, 3.05) is 36.8 Å². The van der Waals surface area contributed by atoms with Crippen LogP contribution in [0.3, 0.4) is 0 Å². The van der Waals surface area contributed by atoms with Crippen LogP contribution in [0.4, 0.5) is 20.4 Å². The quantitative estimate of drug-likeness (QED) is 0.940. The van der Waals surface area contributed by atoms with Gasteiger partial charge in [-0.2, -0.15) is 0 Å². The van der Waals surface area contributed by atoms with Crippen LogP contribution in [0.25, 0.3) is 0 Å². The molecule has 2 aromatic rings. The van der Waals surface area contributed by atoms with Crippen molar-refractivity contribution in [3.63, 3.8) is 0 Å². The number of halogens is 2. The standard InChI is InChI=1S/C16H19F2N5/c1-11(13-3-2-12(17)10-14(13)18)22-6-8-23(9-7-22)16-15(19)20-4-5-21-16/h2-5,10-11H,6-9H2,1H3,(H2,19,20). The van der Waals surface area contributed by atoms with Gasteiger partial charge in [0.2, 0.25) is 0 Å². The van der Waals surface area contributed by atoms with Gasteiger partial charge in [0.15, 0.2) is 11.6 Å². The normalized spacial score (nSPS) is 17.3. The Morgan fingerprint density at radius 3 is 2.43 bits per heavy atom. The number of nitrogens with two attached hydrogens (primary N) is 1. The van der Waals surface area contributed by atoms with Crippen LogP contribution in [0.2, 0.25) is 0 Å².